The highest BCUT2D eigenvalue weighted by Crippen LogP contribution is 2.04. The van der Waals surface area contributed by atoms with Gasteiger partial charge in [0.25, 0.3) is 0 Å². The fourth-order valence-corrected chi connectivity index (χ4v) is 1.84. The zero-order valence-corrected chi connectivity index (χ0v) is 14.2. The summed E-state index contributed by atoms with van der Waals surface area (Å²) < 4.78 is 10.5. The molecule has 0 heterocycles. The molecule has 0 aliphatic heterocycles. The molecule has 1 aromatic rings. The van der Waals surface area contributed by atoms with Gasteiger partial charge in [-0.2, -0.15) is 0 Å². The molecule has 6 heteroatoms. The number of hydrogen-bond donors (Lipinski definition) is 2. The molecule has 24 heavy (non-hydrogen) atoms. The van der Waals surface area contributed by atoms with E-state index in [1.165, 1.54) is 0 Å². The van der Waals surface area contributed by atoms with E-state index in [1.54, 1.807) is 6.08 Å². The number of benzene rings is 1. The Balaban J connectivity index is 2.63. The number of amides is 1. The predicted octanol–water partition coefficient (Wildman–Crippen LogP) is 1.40. The van der Waals surface area contributed by atoms with Gasteiger partial charge >= 0.3 is 5.97 Å². The lowest BCUT2D eigenvalue weighted by atomic mass is 10.0. The number of carbonyl (C=O) groups is 2. The van der Waals surface area contributed by atoms with Crippen LogP contribution in [0.3, 0.4) is 0 Å². The van der Waals surface area contributed by atoms with Gasteiger partial charge in [0.1, 0.15) is 6.61 Å². The Morgan fingerprint density at radius 2 is 1.96 bits per heavy atom. The van der Waals surface area contributed by atoms with Crippen molar-refractivity contribution in [2.45, 2.75) is 32.5 Å². The van der Waals surface area contributed by atoms with Crippen molar-refractivity contribution in [1.29, 1.82) is 0 Å². The van der Waals surface area contributed by atoms with Gasteiger partial charge in [-0.1, -0.05) is 50.3 Å². The van der Waals surface area contributed by atoms with Crippen LogP contribution in [-0.4, -0.2) is 37.2 Å². The van der Waals surface area contributed by atoms with E-state index in [9.17, 15) is 9.59 Å². The first-order valence-electron chi connectivity index (χ1n) is 7.90. The third-order valence-corrected chi connectivity index (χ3v) is 3.37. The Labute approximate surface area is 143 Å². The minimum atomic E-state index is -0.911. The molecule has 0 aliphatic rings. The van der Waals surface area contributed by atoms with Crippen LogP contribution >= 0.6 is 0 Å². The van der Waals surface area contributed by atoms with Gasteiger partial charge in [0.05, 0.1) is 19.3 Å². The van der Waals surface area contributed by atoms with Crippen molar-refractivity contribution in [3.05, 3.63) is 48.6 Å². The van der Waals surface area contributed by atoms with Crippen LogP contribution in [0.15, 0.2) is 43.0 Å². The zero-order chi connectivity index (χ0) is 17.9. The van der Waals surface area contributed by atoms with Crippen LogP contribution in [0.1, 0.15) is 19.4 Å². The molecule has 6 nitrogen and oxygen atoms in total. The van der Waals surface area contributed by atoms with Gasteiger partial charge in [0, 0.05) is 0 Å². The van der Waals surface area contributed by atoms with Gasteiger partial charge in [0.2, 0.25) is 5.91 Å². The summed E-state index contributed by atoms with van der Waals surface area (Å²) in [5, 5.41) is 2.60. The second kappa shape index (κ2) is 10.6. The maximum absolute atomic E-state index is 12.3. The van der Waals surface area contributed by atoms with Crippen molar-refractivity contribution < 1.29 is 19.1 Å². The van der Waals surface area contributed by atoms with Crippen molar-refractivity contribution in [2.75, 3.05) is 13.2 Å². The lowest BCUT2D eigenvalue weighted by molar-refractivity contribution is -0.151. The smallest absolute Gasteiger partial charge is 0.331 e. The molecular formula is C18H26N2O4. The van der Waals surface area contributed by atoms with Crippen LogP contribution in [0.2, 0.25) is 0 Å². The molecule has 0 saturated carbocycles. The SMILES string of the molecule is C=CCOC[C@H](NC(=O)[C@@H](N)C(C)C)C(=O)OCc1ccccc1. The Kier molecular flexibility index (Phi) is 8.75. The quantitative estimate of drug-likeness (QED) is 0.383. The normalized spacial score (nSPS) is 13.2. The number of nitrogens with two attached hydrogens (primary N) is 1. The van der Waals surface area contributed by atoms with E-state index < -0.39 is 24.0 Å². The van der Waals surface area contributed by atoms with E-state index in [2.05, 4.69) is 11.9 Å². The molecule has 2 atom stereocenters. The number of carbonyl (C=O) groups excluding carboxylic acids is 2. The summed E-state index contributed by atoms with van der Waals surface area (Å²) in [5.74, 6) is -1.01. The Morgan fingerprint density at radius 1 is 1.29 bits per heavy atom. The highest BCUT2D eigenvalue weighted by atomic mass is 16.5. The second-order valence-electron chi connectivity index (χ2n) is 5.75. The largest absolute Gasteiger partial charge is 0.459 e. The first kappa shape index (κ1) is 19.9. The summed E-state index contributed by atoms with van der Waals surface area (Å²) in [5.41, 5.74) is 6.67. The average molecular weight is 334 g/mol. The number of esters is 1. The fourth-order valence-electron chi connectivity index (χ4n) is 1.84. The predicted molar refractivity (Wildman–Crippen MR) is 92.0 cm³/mol. The van der Waals surface area contributed by atoms with Crippen molar-refractivity contribution in [2.24, 2.45) is 11.7 Å². The van der Waals surface area contributed by atoms with Gasteiger partial charge in [-0.25, -0.2) is 4.79 Å². The van der Waals surface area contributed by atoms with Crippen LogP contribution in [0.4, 0.5) is 0 Å². The lowest BCUT2D eigenvalue weighted by Gasteiger charge is -2.21. The average Bonchev–Trinajstić information content (AvgIpc) is 2.58. The van der Waals surface area contributed by atoms with Crippen molar-refractivity contribution in [3.63, 3.8) is 0 Å². The summed E-state index contributed by atoms with van der Waals surface area (Å²) >= 11 is 0. The highest BCUT2D eigenvalue weighted by Gasteiger charge is 2.26. The molecule has 0 unspecified atom stereocenters. The Morgan fingerprint density at radius 3 is 2.54 bits per heavy atom. The van der Waals surface area contributed by atoms with E-state index in [1.807, 2.05) is 44.2 Å². The Bertz CT molecular complexity index is 531. The molecule has 1 amide bonds. The molecule has 0 aliphatic carbocycles. The topological polar surface area (TPSA) is 90.6 Å². The van der Waals surface area contributed by atoms with Crippen molar-refractivity contribution >= 4 is 11.9 Å². The minimum Gasteiger partial charge on any atom is -0.459 e. The molecule has 0 saturated heterocycles. The van der Waals surface area contributed by atoms with Gasteiger partial charge < -0.3 is 20.5 Å². The number of nitrogens with one attached hydrogen (secondary N) is 1. The molecular weight excluding hydrogens is 308 g/mol. The third kappa shape index (κ3) is 6.93. The first-order chi connectivity index (χ1) is 11.5. The van der Waals surface area contributed by atoms with E-state index in [-0.39, 0.29) is 25.7 Å². The van der Waals surface area contributed by atoms with Gasteiger partial charge in [-0.3, -0.25) is 4.79 Å². The summed E-state index contributed by atoms with van der Waals surface area (Å²) in [6.45, 7) is 7.61. The molecule has 0 spiro atoms. The molecule has 3 N–H and O–H groups in total. The standard InChI is InChI=1S/C18H26N2O4/c1-4-10-23-12-15(20-17(21)16(19)13(2)3)18(22)24-11-14-8-6-5-7-9-14/h4-9,13,15-16H,1,10-12,19H2,2-3H3,(H,20,21)/t15-,16-/m0/s1. The molecule has 0 bridgehead atoms. The third-order valence-electron chi connectivity index (χ3n) is 3.37. The number of ether oxygens (including phenoxy) is 2. The zero-order valence-electron chi connectivity index (χ0n) is 14.2. The second-order valence-corrected chi connectivity index (χ2v) is 5.75. The highest BCUT2D eigenvalue weighted by molar-refractivity contribution is 5.87. The van der Waals surface area contributed by atoms with E-state index in [0.717, 1.165) is 5.56 Å². The van der Waals surface area contributed by atoms with Gasteiger partial charge in [-0.15, -0.1) is 6.58 Å². The maximum atomic E-state index is 12.3. The number of rotatable bonds is 10. The van der Waals surface area contributed by atoms with Gasteiger partial charge in [-0.05, 0) is 11.5 Å². The van der Waals surface area contributed by atoms with Crippen LogP contribution in [0.25, 0.3) is 0 Å². The summed E-state index contributed by atoms with van der Waals surface area (Å²) in [6, 6.07) is 7.69. The Hall–Kier alpha value is -2.18. The fraction of sp³-hybridized carbons (Fsp3) is 0.444. The van der Waals surface area contributed by atoms with Gasteiger partial charge in [0.15, 0.2) is 6.04 Å². The summed E-state index contributed by atoms with van der Waals surface area (Å²) in [4.78, 5) is 24.3. The monoisotopic (exact) mass is 334 g/mol. The van der Waals surface area contributed by atoms with E-state index in [0.29, 0.717) is 0 Å². The summed E-state index contributed by atoms with van der Waals surface area (Å²) in [6.07, 6.45) is 1.56. The van der Waals surface area contributed by atoms with Crippen molar-refractivity contribution in [3.8, 4) is 0 Å². The maximum Gasteiger partial charge on any atom is 0.331 e. The summed E-state index contributed by atoms with van der Waals surface area (Å²) in [7, 11) is 0. The van der Waals surface area contributed by atoms with Crippen LogP contribution < -0.4 is 11.1 Å². The minimum absolute atomic E-state index is 0.00377. The van der Waals surface area contributed by atoms with Crippen LogP contribution in [-0.2, 0) is 25.7 Å². The first-order valence-corrected chi connectivity index (χ1v) is 7.90. The lowest BCUT2D eigenvalue weighted by Crippen LogP contribution is -2.52. The van der Waals surface area contributed by atoms with Crippen molar-refractivity contribution in [1.82, 2.24) is 5.32 Å². The molecule has 1 aromatic carbocycles. The van der Waals surface area contributed by atoms with Crippen LogP contribution in [0, 0.1) is 5.92 Å². The molecule has 0 aromatic heterocycles. The van der Waals surface area contributed by atoms with E-state index >= 15 is 0 Å². The number of hydrogen-bond acceptors (Lipinski definition) is 5. The van der Waals surface area contributed by atoms with E-state index in [4.69, 9.17) is 15.2 Å². The molecule has 132 valence electrons. The molecule has 0 fully saturated rings. The molecule has 0 radical (unpaired) electrons. The van der Waals surface area contributed by atoms with Crippen LogP contribution in [0.5, 0.6) is 0 Å². The molecule has 1 rings (SSSR count).